The lowest BCUT2D eigenvalue weighted by Gasteiger charge is -2.36. The number of sulfonamides is 1. The summed E-state index contributed by atoms with van der Waals surface area (Å²) in [5.74, 6) is 0. The van der Waals surface area contributed by atoms with E-state index in [2.05, 4.69) is 4.90 Å². The molecule has 5 nitrogen and oxygen atoms in total. The topological polar surface area (TPSA) is 49.9 Å². The van der Waals surface area contributed by atoms with Crippen molar-refractivity contribution in [3.8, 4) is 0 Å². The van der Waals surface area contributed by atoms with Crippen molar-refractivity contribution in [3.05, 3.63) is 0 Å². The summed E-state index contributed by atoms with van der Waals surface area (Å²) in [6, 6.07) is 0. The zero-order valence-corrected chi connectivity index (χ0v) is 11.3. The van der Waals surface area contributed by atoms with Crippen molar-refractivity contribution in [2.45, 2.75) is 25.4 Å². The second-order valence-electron chi connectivity index (χ2n) is 4.95. The third-order valence-electron chi connectivity index (χ3n) is 3.54. The number of nitrogens with zero attached hydrogens (tertiary/aromatic N) is 2. The summed E-state index contributed by atoms with van der Waals surface area (Å²) >= 11 is 0. The lowest BCUT2D eigenvalue weighted by molar-refractivity contribution is -0.0102. The van der Waals surface area contributed by atoms with Crippen LogP contribution >= 0.6 is 0 Å². The molecule has 2 saturated heterocycles. The first-order valence-electron chi connectivity index (χ1n) is 6.35. The molecule has 0 aromatic rings. The Bertz CT molecular complexity index is 331. The van der Waals surface area contributed by atoms with Crippen LogP contribution in [0.1, 0.15) is 19.3 Å². The molecule has 0 aliphatic carbocycles. The van der Waals surface area contributed by atoms with E-state index in [1.807, 2.05) is 0 Å². The van der Waals surface area contributed by atoms with Gasteiger partial charge in [0.1, 0.15) is 0 Å². The van der Waals surface area contributed by atoms with Gasteiger partial charge in [0.25, 0.3) is 0 Å². The Labute approximate surface area is 104 Å². The molecular formula is C11H22N2O3S. The Kier molecular flexibility index (Phi) is 4.41. The third kappa shape index (κ3) is 3.91. The Hall–Kier alpha value is -0.170. The van der Waals surface area contributed by atoms with Gasteiger partial charge in [0.15, 0.2) is 0 Å². The maximum atomic E-state index is 11.4. The van der Waals surface area contributed by atoms with Gasteiger partial charge in [-0.2, -0.15) is 4.31 Å². The molecule has 0 aromatic heterocycles. The van der Waals surface area contributed by atoms with Crippen molar-refractivity contribution < 1.29 is 13.2 Å². The average Bonchev–Trinajstić information content (AvgIpc) is 2.30. The van der Waals surface area contributed by atoms with Crippen LogP contribution in [0.2, 0.25) is 0 Å². The number of hydrogen-bond acceptors (Lipinski definition) is 4. The van der Waals surface area contributed by atoms with Crippen LogP contribution in [0.25, 0.3) is 0 Å². The molecule has 0 aromatic carbocycles. The average molecular weight is 262 g/mol. The van der Waals surface area contributed by atoms with Crippen LogP contribution in [0.5, 0.6) is 0 Å². The molecule has 0 radical (unpaired) electrons. The van der Waals surface area contributed by atoms with E-state index in [0.29, 0.717) is 19.2 Å². The quantitative estimate of drug-likeness (QED) is 0.725. The molecule has 0 N–H and O–H groups in total. The summed E-state index contributed by atoms with van der Waals surface area (Å²) in [5.41, 5.74) is 0. The SMILES string of the molecule is CS(=O)(=O)N1CCN(C[C@H]2CCCCO2)CC1. The summed E-state index contributed by atoms with van der Waals surface area (Å²) < 4.78 is 30.0. The van der Waals surface area contributed by atoms with Crippen LogP contribution in [-0.2, 0) is 14.8 Å². The van der Waals surface area contributed by atoms with E-state index in [0.717, 1.165) is 32.7 Å². The highest BCUT2D eigenvalue weighted by Gasteiger charge is 2.25. The van der Waals surface area contributed by atoms with Gasteiger partial charge < -0.3 is 4.74 Å². The predicted octanol–water partition coefficient (Wildman–Crippen LogP) is 0.133. The van der Waals surface area contributed by atoms with Crippen molar-refractivity contribution in [1.82, 2.24) is 9.21 Å². The van der Waals surface area contributed by atoms with Gasteiger partial charge in [-0.25, -0.2) is 8.42 Å². The van der Waals surface area contributed by atoms with Gasteiger partial charge in [0.2, 0.25) is 10.0 Å². The standard InChI is InChI=1S/C11H22N2O3S/c1-17(14,15)13-7-5-12(6-8-13)10-11-4-2-3-9-16-11/h11H,2-10H2,1H3/t11-/m1/s1. The third-order valence-corrected chi connectivity index (χ3v) is 4.84. The highest BCUT2D eigenvalue weighted by atomic mass is 32.2. The molecule has 0 unspecified atom stereocenters. The molecule has 0 saturated carbocycles. The zero-order chi connectivity index (χ0) is 12.3. The van der Waals surface area contributed by atoms with Gasteiger partial charge in [0.05, 0.1) is 12.4 Å². The molecule has 1 atom stereocenters. The molecule has 100 valence electrons. The molecular weight excluding hydrogens is 240 g/mol. The minimum atomic E-state index is -3.01. The van der Waals surface area contributed by atoms with Gasteiger partial charge in [-0.1, -0.05) is 0 Å². The van der Waals surface area contributed by atoms with E-state index in [1.54, 1.807) is 4.31 Å². The van der Waals surface area contributed by atoms with Gasteiger partial charge in [0, 0.05) is 39.3 Å². The van der Waals surface area contributed by atoms with Crippen LogP contribution in [-0.4, -0.2) is 69.3 Å². The van der Waals surface area contributed by atoms with Gasteiger partial charge in [-0.15, -0.1) is 0 Å². The lowest BCUT2D eigenvalue weighted by Crippen LogP contribution is -2.50. The van der Waals surface area contributed by atoms with Crippen molar-refractivity contribution >= 4 is 10.0 Å². The van der Waals surface area contributed by atoms with Crippen LogP contribution in [0, 0.1) is 0 Å². The Morgan fingerprint density at radius 2 is 1.88 bits per heavy atom. The first-order valence-corrected chi connectivity index (χ1v) is 8.19. The molecule has 2 rings (SSSR count). The molecule has 2 aliphatic rings. The van der Waals surface area contributed by atoms with Crippen molar-refractivity contribution in [3.63, 3.8) is 0 Å². The fourth-order valence-corrected chi connectivity index (χ4v) is 3.31. The smallest absolute Gasteiger partial charge is 0.211 e. The molecule has 0 spiro atoms. The molecule has 17 heavy (non-hydrogen) atoms. The summed E-state index contributed by atoms with van der Waals surface area (Å²) in [6.07, 6.45) is 5.22. The summed E-state index contributed by atoms with van der Waals surface area (Å²) in [6.45, 7) is 4.72. The van der Waals surface area contributed by atoms with E-state index in [4.69, 9.17) is 4.74 Å². The monoisotopic (exact) mass is 262 g/mol. The first-order chi connectivity index (χ1) is 8.05. The summed E-state index contributed by atoms with van der Waals surface area (Å²) in [4.78, 5) is 2.32. The van der Waals surface area contributed by atoms with Crippen LogP contribution in [0.15, 0.2) is 0 Å². The minimum absolute atomic E-state index is 0.355. The molecule has 2 fully saturated rings. The maximum absolute atomic E-state index is 11.4. The fourth-order valence-electron chi connectivity index (χ4n) is 2.48. The van der Waals surface area contributed by atoms with Crippen LogP contribution in [0.3, 0.4) is 0 Å². The number of rotatable bonds is 3. The maximum Gasteiger partial charge on any atom is 0.211 e. The molecule has 6 heteroatoms. The largest absolute Gasteiger partial charge is 0.377 e. The lowest BCUT2D eigenvalue weighted by atomic mass is 10.1. The summed E-state index contributed by atoms with van der Waals surface area (Å²) in [5, 5.41) is 0. The van der Waals surface area contributed by atoms with Crippen LogP contribution in [0.4, 0.5) is 0 Å². The van der Waals surface area contributed by atoms with E-state index >= 15 is 0 Å². The molecule has 2 heterocycles. The number of piperazine rings is 1. The Morgan fingerprint density at radius 3 is 2.41 bits per heavy atom. The van der Waals surface area contributed by atoms with Crippen molar-refractivity contribution in [2.75, 3.05) is 45.6 Å². The second kappa shape index (κ2) is 5.65. The zero-order valence-electron chi connectivity index (χ0n) is 10.5. The van der Waals surface area contributed by atoms with Gasteiger partial charge in [-0.3, -0.25) is 4.90 Å². The van der Waals surface area contributed by atoms with E-state index in [1.165, 1.54) is 19.1 Å². The van der Waals surface area contributed by atoms with Crippen molar-refractivity contribution in [2.24, 2.45) is 0 Å². The van der Waals surface area contributed by atoms with E-state index < -0.39 is 10.0 Å². The highest BCUT2D eigenvalue weighted by molar-refractivity contribution is 7.88. The predicted molar refractivity (Wildman–Crippen MR) is 66.4 cm³/mol. The Morgan fingerprint density at radius 1 is 1.18 bits per heavy atom. The first kappa shape index (κ1) is 13.3. The fraction of sp³-hybridized carbons (Fsp3) is 1.00. The second-order valence-corrected chi connectivity index (χ2v) is 6.93. The Balaban J connectivity index is 1.75. The number of ether oxygens (including phenoxy) is 1. The molecule has 0 bridgehead atoms. The summed E-state index contributed by atoms with van der Waals surface area (Å²) in [7, 11) is -3.01. The van der Waals surface area contributed by atoms with Crippen LogP contribution < -0.4 is 0 Å². The van der Waals surface area contributed by atoms with Gasteiger partial charge >= 0.3 is 0 Å². The van der Waals surface area contributed by atoms with Crippen molar-refractivity contribution in [1.29, 1.82) is 0 Å². The van der Waals surface area contributed by atoms with Gasteiger partial charge in [-0.05, 0) is 19.3 Å². The minimum Gasteiger partial charge on any atom is -0.377 e. The molecule has 0 amide bonds. The normalized spacial score (nSPS) is 29.4. The number of hydrogen-bond donors (Lipinski definition) is 0. The van der Waals surface area contributed by atoms with E-state index in [-0.39, 0.29) is 0 Å². The highest BCUT2D eigenvalue weighted by Crippen LogP contribution is 2.15. The molecule has 2 aliphatic heterocycles. The van der Waals surface area contributed by atoms with E-state index in [9.17, 15) is 8.42 Å².